The Labute approximate surface area is 152 Å². The van der Waals surface area contributed by atoms with Gasteiger partial charge in [0.2, 0.25) is 0 Å². The third-order valence-corrected chi connectivity index (χ3v) is 9.22. The van der Waals surface area contributed by atoms with Crippen LogP contribution in [0.5, 0.6) is 0 Å². The summed E-state index contributed by atoms with van der Waals surface area (Å²) in [7, 11) is 0. The number of nitrogens with two attached hydrogens (primary N) is 1. The average Bonchev–Trinajstić information content (AvgIpc) is 2.95. The van der Waals surface area contributed by atoms with Gasteiger partial charge in [-0.2, -0.15) is 0 Å². The molecule has 4 rings (SSSR count). The Morgan fingerprint density at radius 3 is 2.60 bits per heavy atom. The Balaban J connectivity index is 1.66. The molecule has 0 aromatic carbocycles. The molecule has 3 saturated carbocycles. The zero-order valence-electron chi connectivity index (χ0n) is 16.2. The van der Waals surface area contributed by atoms with E-state index >= 15 is 0 Å². The minimum atomic E-state index is 0.156. The van der Waals surface area contributed by atoms with Crippen LogP contribution < -0.4 is 5.73 Å². The van der Waals surface area contributed by atoms with E-state index in [2.05, 4.69) is 20.8 Å². The van der Waals surface area contributed by atoms with Gasteiger partial charge in [-0.25, -0.2) is 0 Å². The van der Waals surface area contributed by atoms with Crippen molar-refractivity contribution in [2.45, 2.75) is 72.1 Å². The van der Waals surface area contributed by atoms with E-state index in [1.807, 2.05) is 0 Å². The van der Waals surface area contributed by atoms with Crippen LogP contribution in [0.2, 0.25) is 0 Å². The molecule has 0 amide bonds. The number of carbonyl (C=O) groups excluding carboxylic acids is 1. The molecule has 0 radical (unpaired) electrons. The quantitative estimate of drug-likeness (QED) is 0.793. The summed E-state index contributed by atoms with van der Waals surface area (Å²) in [6, 6.07) is 0. The second-order valence-electron chi connectivity index (χ2n) is 10.0. The molecule has 4 aliphatic carbocycles. The number of hydrogen-bond donors (Lipinski definition) is 2. The van der Waals surface area contributed by atoms with Crippen molar-refractivity contribution in [2.24, 2.45) is 46.2 Å². The summed E-state index contributed by atoms with van der Waals surface area (Å²) >= 11 is 0. The van der Waals surface area contributed by atoms with E-state index < -0.39 is 0 Å². The van der Waals surface area contributed by atoms with Crippen molar-refractivity contribution in [3.63, 3.8) is 0 Å². The molecule has 0 aliphatic heterocycles. The maximum absolute atomic E-state index is 12.1. The molecular formula is C22H35NO2. The van der Waals surface area contributed by atoms with Crippen LogP contribution in [0.25, 0.3) is 0 Å². The summed E-state index contributed by atoms with van der Waals surface area (Å²) in [6.07, 6.45) is 9.05. The summed E-state index contributed by atoms with van der Waals surface area (Å²) in [4.78, 5) is 12.1. The van der Waals surface area contributed by atoms with Gasteiger partial charge in [0.15, 0.2) is 5.78 Å². The lowest BCUT2D eigenvalue weighted by Gasteiger charge is -2.58. The highest BCUT2D eigenvalue weighted by molar-refractivity contribution is 5.96. The molecule has 0 saturated heterocycles. The van der Waals surface area contributed by atoms with E-state index in [4.69, 9.17) is 5.73 Å². The Kier molecular flexibility index (Phi) is 4.10. The van der Waals surface area contributed by atoms with Gasteiger partial charge in [0, 0.05) is 13.0 Å². The number of carbonyl (C=O) groups is 1. The molecule has 0 heterocycles. The standard InChI is InChI=1S/C22H35NO2/c1-13(12-24)15-6-7-16-14-4-5-18-20(23)19(25)9-11-22(18,3)17(14)8-10-21(15,16)2/h13-17,24H,4-12,23H2,1-3H3. The molecule has 0 aromatic heterocycles. The van der Waals surface area contributed by atoms with Crippen molar-refractivity contribution >= 4 is 5.78 Å². The predicted molar refractivity (Wildman–Crippen MR) is 99.6 cm³/mol. The first-order chi connectivity index (χ1) is 11.8. The van der Waals surface area contributed by atoms with Gasteiger partial charge in [-0.05, 0) is 90.9 Å². The maximum atomic E-state index is 12.1. The fourth-order valence-electron chi connectivity index (χ4n) is 7.86. The van der Waals surface area contributed by atoms with Gasteiger partial charge < -0.3 is 10.8 Å². The van der Waals surface area contributed by atoms with E-state index in [9.17, 15) is 9.90 Å². The second-order valence-corrected chi connectivity index (χ2v) is 10.0. The molecule has 0 spiro atoms. The SMILES string of the molecule is CC(CO)C1CCC2C3CCC4=C(N)C(=O)CCC4(C)C3CCC12C. The van der Waals surface area contributed by atoms with Gasteiger partial charge in [0.05, 0.1) is 5.70 Å². The first-order valence-corrected chi connectivity index (χ1v) is 10.5. The van der Waals surface area contributed by atoms with Crippen LogP contribution in [0.15, 0.2) is 11.3 Å². The first kappa shape index (κ1) is 17.6. The zero-order chi connectivity index (χ0) is 18.0. The number of fused-ring (bicyclic) bond motifs is 5. The molecule has 7 unspecified atom stereocenters. The fraction of sp³-hybridized carbons (Fsp3) is 0.864. The molecule has 3 nitrogen and oxygen atoms in total. The molecule has 140 valence electrons. The van der Waals surface area contributed by atoms with Crippen LogP contribution >= 0.6 is 0 Å². The number of Topliss-reactive ketones (excluding diaryl/α,β-unsaturated/α-hetero) is 1. The Morgan fingerprint density at radius 2 is 1.88 bits per heavy atom. The smallest absolute Gasteiger partial charge is 0.178 e. The van der Waals surface area contributed by atoms with Gasteiger partial charge in [-0.1, -0.05) is 20.8 Å². The van der Waals surface area contributed by atoms with Crippen LogP contribution in [0.4, 0.5) is 0 Å². The van der Waals surface area contributed by atoms with Crippen molar-refractivity contribution in [1.29, 1.82) is 0 Å². The minimum Gasteiger partial charge on any atom is -0.396 e. The van der Waals surface area contributed by atoms with Gasteiger partial charge >= 0.3 is 0 Å². The van der Waals surface area contributed by atoms with Crippen molar-refractivity contribution in [1.82, 2.24) is 0 Å². The molecular weight excluding hydrogens is 310 g/mol. The lowest BCUT2D eigenvalue weighted by molar-refractivity contribution is -0.119. The first-order valence-electron chi connectivity index (χ1n) is 10.5. The van der Waals surface area contributed by atoms with E-state index in [0.29, 0.717) is 41.9 Å². The Morgan fingerprint density at radius 1 is 1.12 bits per heavy atom. The third kappa shape index (κ3) is 2.30. The Bertz CT molecular complexity index is 611. The summed E-state index contributed by atoms with van der Waals surface area (Å²) in [5.74, 6) is 3.55. The number of aliphatic hydroxyl groups is 1. The number of allylic oxidation sites excluding steroid dienone is 1. The zero-order valence-corrected chi connectivity index (χ0v) is 16.2. The number of ketones is 1. The summed E-state index contributed by atoms with van der Waals surface area (Å²) in [6.45, 7) is 7.49. The summed E-state index contributed by atoms with van der Waals surface area (Å²) in [5, 5.41) is 9.73. The lowest BCUT2D eigenvalue weighted by Crippen LogP contribution is -2.52. The summed E-state index contributed by atoms with van der Waals surface area (Å²) in [5.41, 5.74) is 8.72. The van der Waals surface area contributed by atoms with Gasteiger partial charge in [-0.3, -0.25) is 4.79 Å². The maximum Gasteiger partial charge on any atom is 0.178 e. The number of aliphatic hydroxyl groups excluding tert-OH is 1. The topological polar surface area (TPSA) is 63.3 Å². The van der Waals surface area contributed by atoms with Gasteiger partial charge in [0.25, 0.3) is 0 Å². The van der Waals surface area contributed by atoms with Gasteiger partial charge in [-0.15, -0.1) is 0 Å². The highest BCUT2D eigenvalue weighted by Gasteiger charge is 2.59. The normalized spacial score (nSPS) is 47.9. The third-order valence-electron chi connectivity index (χ3n) is 9.22. The fourth-order valence-corrected chi connectivity index (χ4v) is 7.86. The molecule has 7 atom stereocenters. The highest BCUT2D eigenvalue weighted by Crippen LogP contribution is 2.67. The van der Waals surface area contributed by atoms with Crippen LogP contribution in [-0.2, 0) is 4.79 Å². The molecule has 3 fully saturated rings. The van der Waals surface area contributed by atoms with Crippen LogP contribution in [0, 0.1) is 40.4 Å². The average molecular weight is 346 g/mol. The molecule has 0 aromatic rings. The molecule has 3 heteroatoms. The number of rotatable bonds is 2. The Hall–Kier alpha value is -0.830. The van der Waals surface area contributed by atoms with Crippen LogP contribution in [0.1, 0.15) is 72.1 Å². The van der Waals surface area contributed by atoms with Crippen molar-refractivity contribution in [2.75, 3.05) is 6.61 Å². The van der Waals surface area contributed by atoms with E-state index in [1.165, 1.54) is 37.7 Å². The second kappa shape index (κ2) is 5.84. The van der Waals surface area contributed by atoms with Crippen LogP contribution in [0.3, 0.4) is 0 Å². The molecule has 4 aliphatic rings. The monoisotopic (exact) mass is 345 g/mol. The largest absolute Gasteiger partial charge is 0.396 e. The predicted octanol–water partition coefficient (Wildman–Crippen LogP) is 4.05. The van der Waals surface area contributed by atoms with Crippen molar-refractivity contribution in [3.8, 4) is 0 Å². The number of hydrogen-bond acceptors (Lipinski definition) is 3. The van der Waals surface area contributed by atoms with E-state index in [1.54, 1.807) is 0 Å². The lowest BCUT2D eigenvalue weighted by atomic mass is 9.46. The van der Waals surface area contributed by atoms with E-state index in [0.717, 1.165) is 24.7 Å². The molecule has 0 bridgehead atoms. The summed E-state index contributed by atoms with van der Waals surface area (Å²) < 4.78 is 0. The minimum absolute atomic E-state index is 0.156. The molecule has 3 N–H and O–H groups in total. The van der Waals surface area contributed by atoms with Crippen molar-refractivity contribution < 1.29 is 9.90 Å². The van der Waals surface area contributed by atoms with Crippen LogP contribution in [-0.4, -0.2) is 17.5 Å². The molecule has 25 heavy (non-hydrogen) atoms. The van der Waals surface area contributed by atoms with Crippen molar-refractivity contribution in [3.05, 3.63) is 11.3 Å². The highest BCUT2D eigenvalue weighted by atomic mass is 16.3. The van der Waals surface area contributed by atoms with Gasteiger partial charge in [0.1, 0.15) is 0 Å². The van der Waals surface area contributed by atoms with E-state index in [-0.39, 0.29) is 11.2 Å².